The maximum Gasteiger partial charge on any atom is 0.318 e. The van der Waals surface area contributed by atoms with E-state index in [0.29, 0.717) is 6.54 Å². The van der Waals surface area contributed by atoms with E-state index in [1.54, 1.807) is 0 Å². The SMILES string of the molecule is CCCNC(=O)N1[C@H](C#N)[C@@H](c2ccccc2)[C@@H]1CO. The fraction of sp³-hybridized carbons (Fsp3) is 0.467. The van der Waals surface area contributed by atoms with Crippen LogP contribution in [0.2, 0.25) is 0 Å². The van der Waals surface area contributed by atoms with Gasteiger partial charge in [-0.3, -0.25) is 0 Å². The smallest absolute Gasteiger partial charge is 0.318 e. The second-order valence-corrected chi connectivity index (χ2v) is 4.90. The van der Waals surface area contributed by atoms with Crippen molar-refractivity contribution in [1.29, 1.82) is 5.26 Å². The predicted octanol–water partition coefficient (Wildman–Crippen LogP) is 1.46. The molecule has 5 nitrogen and oxygen atoms in total. The summed E-state index contributed by atoms with van der Waals surface area (Å²) in [6.07, 6.45) is 0.836. The quantitative estimate of drug-likeness (QED) is 0.872. The highest BCUT2D eigenvalue weighted by Gasteiger charge is 2.51. The average Bonchev–Trinajstić information content (AvgIpc) is 2.46. The van der Waals surface area contributed by atoms with E-state index in [4.69, 9.17) is 0 Å². The van der Waals surface area contributed by atoms with E-state index >= 15 is 0 Å². The van der Waals surface area contributed by atoms with Gasteiger partial charge in [0.2, 0.25) is 0 Å². The molecular formula is C15H19N3O2. The van der Waals surface area contributed by atoms with Gasteiger partial charge in [0.25, 0.3) is 0 Å². The molecule has 0 bridgehead atoms. The molecule has 0 spiro atoms. The van der Waals surface area contributed by atoms with Gasteiger partial charge in [-0.25, -0.2) is 4.79 Å². The third-order valence-corrected chi connectivity index (χ3v) is 3.68. The zero-order valence-corrected chi connectivity index (χ0v) is 11.5. The number of likely N-dealkylation sites (tertiary alicyclic amines) is 1. The summed E-state index contributed by atoms with van der Waals surface area (Å²) in [6, 6.07) is 10.6. The second kappa shape index (κ2) is 6.40. The highest BCUT2D eigenvalue weighted by atomic mass is 16.3. The summed E-state index contributed by atoms with van der Waals surface area (Å²) >= 11 is 0. The zero-order valence-electron chi connectivity index (χ0n) is 11.5. The molecule has 1 saturated heterocycles. The Morgan fingerprint density at radius 1 is 1.45 bits per heavy atom. The van der Waals surface area contributed by atoms with Crippen LogP contribution < -0.4 is 5.32 Å². The van der Waals surface area contributed by atoms with Crippen LogP contribution in [0.25, 0.3) is 0 Å². The number of carbonyl (C=O) groups excluding carboxylic acids is 1. The van der Waals surface area contributed by atoms with Gasteiger partial charge in [0.1, 0.15) is 6.04 Å². The average molecular weight is 273 g/mol. The van der Waals surface area contributed by atoms with Crippen molar-refractivity contribution in [2.75, 3.05) is 13.2 Å². The Morgan fingerprint density at radius 3 is 2.70 bits per heavy atom. The molecule has 1 heterocycles. The number of aliphatic hydroxyl groups excluding tert-OH is 1. The standard InChI is InChI=1S/C15H19N3O2/c1-2-8-17-15(20)18-12(9-16)14(13(18)10-19)11-6-4-3-5-7-11/h3-7,12-14,19H,2,8,10H2,1H3,(H,17,20)/t12-,13+,14-/m1/s1. The van der Waals surface area contributed by atoms with Gasteiger partial charge < -0.3 is 15.3 Å². The van der Waals surface area contributed by atoms with Crippen molar-refractivity contribution < 1.29 is 9.90 Å². The number of hydrogen-bond donors (Lipinski definition) is 2. The maximum absolute atomic E-state index is 12.1. The lowest BCUT2D eigenvalue weighted by Gasteiger charge is -2.51. The summed E-state index contributed by atoms with van der Waals surface area (Å²) in [7, 11) is 0. The molecule has 3 atom stereocenters. The van der Waals surface area contributed by atoms with Crippen molar-refractivity contribution in [2.45, 2.75) is 31.3 Å². The molecule has 2 rings (SSSR count). The molecule has 2 N–H and O–H groups in total. The fourth-order valence-electron chi connectivity index (χ4n) is 2.69. The van der Waals surface area contributed by atoms with Gasteiger partial charge in [-0.15, -0.1) is 0 Å². The van der Waals surface area contributed by atoms with Crippen LogP contribution in [0.1, 0.15) is 24.8 Å². The Morgan fingerprint density at radius 2 is 2.15 bits per heavy atom. The zero-order chi connectivity index (χ0) is 14.5. The first-order valence-corrected chi connectivity index (χ1v) is 6.86. The van der Waals surface area contributed by atoms with Crippen LogP contribution in [0.4, 0.5) is 4.79 Å². The third kappa shape index (κ3) is 2.47. The number of nitrogens with one attached hydrogen (secondary N) is 1. The summed E-state index contributed by atoms with van der Waals surface area (Å²) < 4.78 is 0. The van der Waals surface area contributed by atoms with Crippen LogP contribution in [0.15, 0.2) is 30.3 Å². The maximum atomic E-state index is 12.1. The van der Waals surface area contributed by atoms with Gasteiger partial charge in [0.15, 0.2) is 0 Å². The summed E-state index contributed by atoms with van der Waals surface area (Å²) in [5.74, 6) is -0.126. The van der Waals surface area contributed by atoms with Gasteiger partial charge in [-0.2, -0.15) is 5.26 Å². The fourth-order valence-corrected chi connectivity index (χ4v) is 2.69. The Kier molecular flexibility index (Phi) is 4.59. The predicted molar refractivity (Wildman–Crippen MR) is 75.0 cm³/mol. The minimum Gasteiger partial charge on any atom is -0.394 e. The molecule has 1 fully saturated rings. The monoisotopic (exact) mass is 273 g/mol. The van der Waals surface area contributed by atoms with Crippen LogP contribution in [0, 0.1) is 11.3 Å². The molecule has 1 aliphatic rings. The van der Waals surface area contributed by atoms with E-state index in [1.165, 1.54) is 4.90 Å². The molecule has 20 heavy (non-hydrogen) atoms. The second-order valence-electron chi connectivity index (χ2n) is 4.90. The lowest BCUT2D eigenvalue weighted by Crippen LogP contribution is -2.67. The minimum absolute atomic E-state index is 0.126. The van der Waals surface area contributed by atoms with E-state index in [0.717, 1.165) is 12.0 Å². The Labute approximate surface area is 118 Å². The Balaban J connectivity index is 2.17. The summed E-state index contributed by atoms with van der Waals surface area (Å²) in [6.45, 7) is 2.40. The summed E-state index contributed by atoms with van der Waals surface area (Å²) in [5, 5.41) is 21.6. The number of nitrogens with zero attached hydrogens (tertiary/aromatic N) is 2. The third-order valence-electron chi connectivity index (χ3n) is 3.68. The number of amides is 2. The molecule has 1 aliphatic heterocycles. The van der Waals surface area contributed by atoms with Crippen molar-refractivity contribution >= 4 is 6.03 Å². The number of carbonyl (C=O) groups is 1. The van der Waals surface area contributed by atoms with Gasteiger partial charge in [-0.1, -0.05) is 37.3 Å². The molecule has 1 aromatic rings. The molecule has 1 aromatic carbocycles. The van der Waals surface area contributed by atoms with Crippen LogP contribution in [-0.2, 0) is 0 Å². The lowest BCUT2D eigenvalue weighted by atomic mass is 9.76. The van der Waals surface area contributed by atoms with Crippen LogP contribution >= 0.6 is 0 Å². The number of nitriles is 1. The molecule has 0 aliphatic carbocycles. The van der Waals surface area contributed by atoms with Gasteiger partial charge >= 0.3 is 6.03 Å². The first-order chi connectivity index (χ1) is 9.74. The van der Waals surface area contributed by atoms with Crippen molar-refractivity contribution in [3.63, 3.8) is 0 Å². The minimum atomic E-state index is -0.522. The summed E-state index contributed by atoms with van der Waals surface area (Å²) in [4.78, 5) is 13.5. The van der Waals surface area contributed by atoms with Gasteiger partial charge in [0.05, 0.1) is 18.7 Å². The molecule has 0 aromatic heterocycles. The van der Waals surface area contributed by atoms with Gasteiger partial charge in [-0.05, 0) is 12.0 Å². The van der Waals surface area contributed by atoms with Crippen LogP contribution in [0.3, 0.4) is 0 Å². The van der Waals surface area contributed by atoms with E-state index in [1.807, 2.05) is 37.3 Å². The Bertz CT molecular complexity index is 498. The molecule has 5 heteroatoms. The van der Waals surface area contributed by atoms with E-state index in [2.05, 4.69) is 11.4 Å². The Hall–Kier alpha value is -2.06. The molecule has 106 valence electrons. The van der Waals surface area contributed by atoms with Crippen molar-refractivity contribution in [1.82, 2.24) is 10.2 Å². The normalized spacial score (nSPS) is 24.6. The first-order valence-electron chi connectivity index (χ1n) is 6.86. The molecule has 2 amide bonds. The van der Waals surface area contributed by atoms with Crippen LogP contribution in [0.5, 0.6) is 0 Å². The summed E-state index contributed by atoms with van der Waals surface area (Å²) in [5.41, 5.74) is 0.984. The largest absolute Gasteiger partial charge is 0.394 e. The van der Waals surface area contributed by atoms with E-state index in [-0.39, 0.29) is 24.6 Å². The number of rotatable bonds is 4. The molecule has 0 unspecified atom stereocenters. The lowest BCUT2D eigenvalue weighted by molar-refractivity contribution is 0.0169. The van der Waals surface area contributed by atoms with Crippen molar-refractivity contribution in [3.8, 4) is 6.07 Å². The van der Waals surface area contributed by atoms with Crippen molar-refractivity contribution in [3.05, 3.63) is 35.9 Å². The molecular weight excluding hydrogens is 254 g/mol. The van der Waals surface area contributed by atoms with E-state index in [9.17, 15) is 15.2 Å². The first kappa shape index (κ1) is 14.4. The molecule has 0 saturated carbocycles. The highest BCUT2D eigenvalue weighted by molar-refractivity contribution is 5.77. The highest BCUT2D eigenvalue weighted by Crippen LogP contribution is 2.40. The van der Waals surface area contributed by atoms with Gasteiger partial charge in [0, 0.05) is 12.5 Å². The number of aliphatic hydroxyl groups is 1. The topological polar surface area (TPSA) is 76.4 Å². The van der Waals surface area contributed by atoms with Crippen LogP contribution in [-0.4, -0.2) is 41.3 Å². The number of benzene rings is 1. The number of hydrogen-bond acceptors (Lipinski definition) is 3. The molecule has 0 radical (unpaired) electrons. The van der Waals surface area contributed by atoms with E-state index < -0.39 is 6.04 Å². The number of urea groups is 1. The van der Waals surface area contributed by atoms with Crippen molar-refractivity contribution in [2.24, 2.45) is 0 Å².